The topological polar surface area (TPSA) is 89.5 Å². The minimum atomic E-state index is -4.34. The normalized spacial score (nSPS) is 20.7. The van der Waals surface area contributed by atoms with Crippen LogP contribution in [0.3, 0.4) is 0 Å². The van der Waals surface area contributed by atoms with E-state index in [0.29, 0.717) is 30.9 Å². The first-order chi connectivity index (χ1) is 21.2. The van der Waals surface area contributed by atoms with Crippen LogP contribution in [0.4, 0.5) is 18.9 Å². The molecule has 1 saturated heterocycles. The molecule has 1 atom stereocenters. The third-order valence-electron chi connectivity index (χ3n) is 8.11. The molecule has 2 amide bonds. The van der Waals surface area contributed by atoms with Gasteiger partial charge in [0, 0.05) is 68.7 Å². The van der Waals surface area contributed by atoms with Gasteiger partial charge in [0.1, 0.15) is 11.7 Å². The molecule has 9 nitrogen and oxygen atoms in total. The summed E-state index contributed by atoms with van der Waals surface area (Å²) in [5.41, 5.74) is 3.33. The number of carbonyl (C=O) groups is 2. The number of amidine groups is 1. The summed E-state index contributed by atoms with van der Waals surface area (Å²) in [6.07, 6.45) is 5.33. The highest BCUT2D eigenvalue weighted by Gasteiger charge is 2.32. The van der Waals surface area contributed by atoms with E-state index in [1.54, 1.807) is 12.1 Å². The summed E-state index contributed by atoms with van der Waals surface area (Å²) < 4.78 is 43.1. The molecule has 4 aliphatic heterocycles. The van der Waals surface area contributed by atoms with Crippen molar-refractivity contribution < 1.29 is 27.5 Å². The molecule has 0 spiro atoms. The van der Waals surface area contributed by atoms with Crippen LogP contribution in [0.15, 0.2) is 76.7 Å². The van der Waals surface area contributed by atoms with Crippen LogP contribution in [0.2, 0.25) is 0 Å². The third kappa shape index (κ3) is 8.17. The van der Waals surface area contributed by atoms with E-state index in [1.165, 1.54) is 4.90 Å². The number of fused-ring (bicyclic) bond motifs is 1. The number of ether oxygens (including phenoxy) is 1. The maximum Gasteiger partial charge on any atom is 0.389 e. The van der Waals surface area contributed by atoms with Crippen molar-refractivity contribution in [2.75, 3.05) is 57.8 Å². The highest BCUT2D eigenvalue weighted by Crippen LogP contribution is 2.31. The largest absolute Gasteiger partial charge is 0.389 e. The summed E-state index contributed by atoms with van der Waals surface area (Å²) in [5, 5.41) is 6.37. The number of morpholine rings is 1. The van der Waals surface area contributed by atoms with E-state index in [9.17, 15) is 22.8 Å². The Labute approximate surface area is 255 Å². The number of amides is 2. The fourth-order valence-corrected chi connectivity index (χ4v) is 5.60. The molecule has 0 radical (unpaired) electrons. The Bertz CT molecular complexity index is 1360. The quantitative estimate of drug-likeness (QED) is 0.406. The lowest BCUT2D eigenvalue weighted by Crippen LogP contribution is -2.41. The molecule has 44 heavy (non-hydrogen) atoms. The Morgan fingerprint density at radius 3 is 2.57 bits per heavy atom. The van der Waals surface area contributed by atoms with Crippen molar-refractivity contribution in [3.05, 3.63) is 77.3 Å². The van der Waals surface area contributed by atoms with Crippen molar-refractivity contribution in [1.29, 1.82) is 0 Å². The lowest BCUT2D eigenvalue weighted by Gasteiger charge is -2.37. The van der Waals surface area contributed by atoms with Crippen LogP contribution in [0.1, 0.15) is 43.0 Å². The summed E-state index contributed by atoms with van der Waals surface area (Å²) in [5.74, 6) is 0.869. The number of carbonyl (C=O) groups excluding carboxylic acids is 2. The van der Waals surface area contributed by atoms with Gasteiger partial charge in [0.15, 0.2) is 0 Å². The molecular weight excluding hydrogens is 573 g/mol. The van der Waals surface area contributed by atoms with Crippen molar-refractivity contribution in [2.24, 2.45) is 4.99 Å². The first-order valence-electron chi connectivity index (χ1n) is 15.2. The molecule has 0 aliphatic carbocycles. The lowest BCUT2D eigenvalue weighted by molar-refractivity contribution is -0.148. The lowest BCUT2D eigenvalue weighted by atomic mass is 9.94. The van der Waals surface area contributed by atoms with Gasteiger partial charge >= 0.3 is 6.18 Å². The van der Waals surface area contributed by atoms with Gasteiger partial charge in [-0.1, -0.05) is 13.0 Å². The van der Waals surface area contributed by atoms with Crippen LogP contribution in [0.25, 0.3) is 0 Å². The van der Waals surface area contributed by atoms with Crippen LogP contribution in [-0.4, -0.2) is 97.1 Å². The van der Waals surface area contributed by atoms with Crippen LogP contribution in [-0.2, 0) is 9.53 Å². The van der Waals surface area contributed by atoms with E-state index in [0.717, 1.165) is 61.9 Å². The fraction of sp³-hybridized carbons (Fsp3) is 0.469. The molecule has 0 saturated carbocycles. The molecule has 0 aromatic heterocycles. The average molecular weight is 613 g/mol. The number of rotatable bonds is 10. The zero-order chi connectivity index (χ0) is 31.1. The van der Waals surface area contributed by atoms with Crippen molar-refractivity contribution in [3.8, 4) is 0 Å². The molecule has 2 N–H and O–H groups in total. The van der Waals surface area contributed by atoms with Crippen LogP contribution in [0.5, 0.6) is 0 Å². The maximum atomic E-state index is 12.6. The first kappa shape index (κ1) is 31.5. The van der Waals surface area contributed by atoms with Crippen molar-refractivity contribution in [1.82, 2.24) is 20.0 Å². The Balaban J connectivity index is 1.21. The second-order valence-electron chi connectivity index (χ2n) is 11.1. The molecule has 12 heteroatoms. The third-order valence-corrected chi connectivity index (χ3v) is 8.11. The van der Waals surface area contributed by atoms with Gasteiger partial charge in [0.05, 0.1) is 25.7 Å². The van der Waals surface area contributed by atoms with Crippen LogP contribution >= 0.6 is 0 Å². The number of alkyl halides is 3. The van der Waals surface area contributed by atoms with Gasteiger partial charge in [-0.25, -0.2) is 4.99 Å². The molecule has 236 valence electrons. The summed E-state index contributed by atoms with van der Waals surface area (Å²) in [6.45, 7) is 7.32. The fourth-order valence-electron chi connectivity index (χ4n) is 5.60. The molecule has 5 rings (SSSR count). The smallest absolute Gasteiger partial charge is 0.379 e. The SMILES string of the molecule is CCC1C=C(Nc2ccc(C(=O)NCCN3CCOCC3)cc2)N=C2C(C3=CCN(C(=O)CCC(F)(F)F)CC3)=CC=CN21. The van der Waals surface area contributed by atoms with Crippen molar-refractivity contribution in [3.63, 3.8) is 0 Å². The van der Waals surface area contributed by atoms with Gasteiger partial charge in [-0.3, -0.25) is 14.5 Å². The number of nitrogens with one attached hydrogen (secondary N) is 2. The Morgan fingerprint density at radius 1 is 1.11 bits per heavy atom. The van der Waals surface area contributed by atoms with Crippen LogP contribution < -0.4 is 10.6 Å². The summed E-state index contributed by atoms with van der Waals surface area (Å²) in [7, 11) is 0. The summed E-state index contributed by atoms with van der Waals surface area (Å²) in [6, 6.07) is 7.35. The number of hydrogen-bond acceptors (Lipinski definition) is 7. The van der Waals surface area contributed by atoms with Gasteiger partial charge in [0.25, 0.3) is 5.91 Å². The second-order valence-corrected chi connectivity index (χ2v) is 11.1. The zero-order valence-corrected chi connectivity index (χ0v) is 24.9. The number of aliphatic imine (C=N–C) groups is 1. The van der Waals surface area contributed by atoms with E-state index in [1.807, 2.05) is 36.6 Å². The molecular formula is C32H39F3N6O3. The molecule has 1 aromatic carbocycles. The van der Waals surface area contributed by atoms with E-state index >= 15 is 0 Å². The number of halogens is 3. The minimum Gasteiger partial charge on any atom is -0.379 e. The van der Waals surface area contributed by atoms with E-state index in [4.69, 9.17) is 9.73 Å². The molecule has 0 bridgehead atoms. The van der Waals surface area contributed by atoms with E-state index < -0.39 is 24.9 Å². The highest BCUT2D eigenvalue weighted by molar-refractivity contribution is 6.05. The molecule has 4 heterocycles. The Morgan fingerprint density at radius 2 is 1.89 bits per heavy atom. The number of benzene rings is 1. The maximum absolute atomic E-state index is 12.6. The second kappa shape index (κ2) is 14.3. The number of allylic oxidation sites excluding steroid dienone is 2. The predicted octanol–water partition coefficient (Wildman–Crippen LogP) is 4.45. The van der Waals surface area contributed by atoms with E-state index in [2.05, 4.69) is 33.4 Å². The number of nitrogens with zero attached hydrogens (tertiary/aromatic N) is 4. The summed E-state index contributed by atoms with van der Waals surface area (Å²) >= 11 is 0. The van der Waals surface area contributed by atoms with Crippen LogP contribution in [0, 0.1) is 0 Å². The van der Waals surface area contributed by atoms with E-state index in [-0.39, 0.29) is 18.5 Å². The minimum absolute atomic E-state index is 0.0612. The highest BCUT2D eigenvalue weighted by atomic mass is 19.4. The Kier molecular flexibility index (Phi) is 10.2. The monoisotopic (exact) mass is 612 g/mol. The van der Waals surface area contributed by atoms with Gasteiger partial charge in [-0.05, 0) is 60.9 Å². The predicted molar refractivity (Wildman–Crippen MR) is 163 cm³/mol. The van der Waals surface area contributed by atoms with Gasteiger partial charge in [-0.2, -0.15) is 13.2 Å². The first-order valence-corrected chi connectivity index (χ1v) is 15.2. The van der Waals surface area contributed by atoms with Crippen molar-refractivity contribution in [2.45, 2.75) is 44.8 Å². The zero-order valence-electron chi connectivity index (χ0n) is 24.9. The number of hydrogen-bond donors (Lipinski definition) is 2. The van der Waals surface area contributed by atoms with Gasteiger partial charge in [0.2, 0.25) is 5.91 Å². The molecule has 4 aliphatic rings. The standard InChI is InChI=1S/C32H39F3N6O3/c1-2-26-22-28(37-25-7-5-24(6-8-25)31(43)36-13-17-39-18-20-44-21-19-39)38-30-27(4-3-14-41(26)30)23-10-15-40(16-11-23)29(42)9-12-32(33,34)35/h3-8,10,14,22,26,37H,2,9,11-13,15-21H2,1H3,(H,36,43). The molecule has 1 aromatic rings. The van der Waals surface area contributed by atoms with Gasteiger partial charge in [-0.15, -0.1) is 0 Å². The Hall–Kier alpha value is -3.90. The van der Waals surface area contributed by atoms with Gasteiger partial charge < -0.3 is 25.2 Å². The average Bonchev–Trinajstić information content (AvgIpc) is 3.03. The molecule has 1 fully saturated rings. The number of anilines is 1. The molecule has 1 unspecified atom stereocenters. The summed E-state index contributed by atoms with van der Waals surface area (Å²) in [4.78, 5) is 35.8. The van der Waals surface area contributed by atoms with Crippen molar-refractivity contribution >= 4 is 23.3 Å².